The van der Waals surface area contributed by atoms with Gasteiger partial charge in [0.1, 0.15) is 5.75 Å². The summed E-state index contributed by atoms with van der Waals surface area (Å²) in [5.74, 6) is 0.0199. The summed E-state index contributed by atoms with van der Waals surface area (Å²) in [6.07, 6.45) is 1.05. The van der Waals surface area contributed by atoms with Crippen molar-refractivity contribution < 1.29 is 15.1 Å². The average Bonchev–Trinajstić information content (AvgIpc) is 3.11. The maximum absolute atomic E-state index is 10.6. The van der Waals surface area contributed by atoms with Gasteiger partial charge in [-0.2, -0.15) is 0 Å². The van der Waals surface area contributed by atoms with Gasteiger partial charge in [-0.25, -0.2) is 0 Å². The molecule has 0 unspecified atom stereocenters. The van der Waals surface area contributed by atoms with Gasteiger partial charge in [-0.15, -0.1) is 0 Å². The van der Waals surface area contributed by atoms with Gasteiger partial charge >= 0.3 is 0 Å². The summed E-state index contributed by atoms with van der Waals surface area (Å²) in [5.41, 5.74) is 5.90. The van der Waals surface area contributed by atoms with E-state index in [1.807, 2.05) is 0 Å². The van der Waals surface area contributed by atoms with Crippen LogP contribution >= 0.6 is 0 Å². The van der Waals surface area contributed by atoms with E-state index in [9.17, 15) is 20.3 Å². The Hall–Kier alpha value is -1.66. The van der Waals surface area contributed by atoms with E-state index in [-0.39, 0.29) is 22.9 Å². The number of phenolic OH excluding ortho intramolecular Hbond substituents is 1. The molecule has 1 fully saturated rings. The number of benzene rings is 1. The Labute approximate surface area is 97.8 Å². The SMILES string of the molecule is N[C@@H](c1cc([N+](=O)[O-])ccc1O)[C@H](O)C1CC1. The fourth-order valence-electron chi connectivity index (χ4n) is 1.84. The third kappa shape index (κ3) is 2.37. The number of nitrogens with zero attached hydrogens (tertiary/aromatic N) is 1. The Morgan fingerprint density at radius 3 is 2.65 bits per heavy atom. The number of hydrogen-bond donors (Lipinski definition) is 3. The smallest absolute Gasteiger partial charge is 0.270 e. The van der Waals surface area contributed by atoms with Crippen LogP contribution in [0.4, 0.5) is 5.69 Å². The normalized spacial score (nSPS) is 18.7. The van der Waals surface area contributed by atoms with Crippen molar-refractivity contribution in [2.75, 3.05) is 0 Å². The molecule has 0 aromatic heterocycles. The molecule has 0 saturated heterocycles. The molecule has 2 rings (SSSR count). The van der Waals surface area contributed by atoms with E-state index in [2.05, 4.69) is 0 Å². The van der Waals surface area contributed by atoms with Gasteiger partial charge in [0, 0.05) is 17.7 Å². The van der Waals surface area contributed by atoms with Gasteiger partial charge in [0.2, 0.25) is 0 Å². The molecule has 92 valence electrons. The van der Waals surface area contributed by atoms with E-state index in [1.165, 1.54) is 18.2 Å². The molecule has 1 aliphatic carbocycles. The number of rotatable bonds is 4. The molecule has 1 aromatic carbocycles. The molecule has 1 aromatic rings. The van der Waals surface area contributed by atoms with Crippen LogP contribution in [0, 0.1) is 16.0 Å². The lowest BCUT2D eigenvalue weighted by Gasteiger charge is -2.19. The van der Waals surface area contributed by atoms with Crippen LogP contribution in [0.3, 0.4) is 0 Å². The van der Waals surface area contributed by atoms with Crippen LogP contribution in [0.1, 0.15) is 24.4 Å². The van der Waals surface area contributed by atoms with Gasteiger partial charge in [-0.3, -0.25) is 10.1 Å². The number of phenols is 1. The average molecular weight is 238 g/mol. The minimum atomic E-state index is -0.789. The molecule has 0 aliphatic heterocycles. The Morgan fingerprint density at radius 1 is 1.47 bits per heavy atom. The first-order valence-electron chi connectivity index (χ1n) is 5.41. The topological polar surface area (TPSA) is 110 Å². The Kier molecular flexibility index (Phi) is 2.99. The zero-order valence-electron chi connectivity index (χ0n) is 9.11. The molecule has 6 heteroatoms. The number of nitro groups is 1. The maximum atomic E-state index is 10.6. The molecule has 2 atom stereocenters. The quantitative estimate of drug-likeness (QED) is 0.537. The van der Waals surface area contributed by atoms with Crippen molar-refractivity contribution in [1.29, 1.82) is 0 Å². The maximum Gasteiger partial charge on any atom is 0.270 e. The second kappa shape index (κ2) is 4.31. The highest BCUT2D eigenvalue weighted by Gasteiger charge is 2.35. The molecule has 0 amide bonds. The zero-order valence-corrected chi connectivity index (χ0v) is 9.11. The third-order valence-corrected chi connectivity index (χ3v) is 3.05. The summed E-state index contributed by atoms with van der Waals surface area (Å²) in [6.45, 7) is 0. The molecule has 6 nitrogen and oxygen atoms in total. The van der Waals surface area contributed by atoms with Crippen molar-refractivity contribution in [3.05, 3.63) is 33.9 Å². The molecule has 0 spiro atoms. The number of hydrogen-bond acceptors (Lipinski definition) is 5. The predicted octanol–water partition coefficient (Wildman–Crippen LogP) is 1.07. The molecular formula is C11H14N2O4. The van der Waals surface area contributed by atoms with E-state index < -0.39 is 17.1 Å². The Balaban J connectivity index is 2.29. The largest absolute Gasteiger partial charge is 0.508 e. The fourth-order valence-corrected chi connectivity index (χ4v) is 1.84. The molecule has 4 N–H and O–H groups in total. The van der Waals surface area contributed by atoms with Gasteiger partial charge in [0.05, 0.1) is 17.1 Å². The first-order valence-corrected chi connectivity index (χ1v) is 5.41. The lowest BCUT2D eigenvalue weighted by molar-refractivity contribution is -0.385. The number of nitro benzene ring substituents is 1. The third-order valence-electron chi connectivity index (χ3n) is 3.05. The number of aliphatic hydroxyl groups is 1. The monoisotopic (exact) mass is 238 g/mol. The van der Waals surface area contributed by atoms with Crippen molar-refractivity contribution in [3.8, 4) is 5.75 Å². The summed E-state index contributed by atoms with van der Waals surface area (Å²) in [7, 11) is 0. The van der Waals surface area contributed by atoms with Crippen LogP contribution in [-0.2, 0) is 0 Å². The Bertz CT molecular complexity index is 445. The first kappa shape index (κ1) is 11.8. The molecule has 0 bridgehead atoms. The predicted molar refractivity (Wildman–Crippen MR) is 60.4 cm³/mol. The van der Waals surface area contributed by atoms with Crippen LogP contribution in [0.15, 0.2) is 18.2 Å². The standard InChI is InChI=1S/C11H14N2O4/c12-10(11(15)6-1-2-6)8-5-7(13(16)17)3-4-9(8)14/h3-6,10-11,14-15H,1-2,12H2/t10-,11+/m0/s1. The minimum absolute atomic E-state index is 0.122. The summed E-state index contributed by atoms with van der Waals surface area (Å²) in [6, 6.07) is 2.86. The van der Waals surface area contributed by atoms with E-state index in [1.54, 1.807) is 0 Å². The number of non-ortho nitro benzene ring substituents is 1. The van der Waals surface area contributed by atoms with Gasteiger partial charge in [0.15, 0.2) is 0 Å². The molecule has 0 radical (unpaired) electrons. The Morgan fingerprint density at radius 2 is 2.12 bits per heavy atom. The van der Waals surface area contributed by atoms with Crippen molar-refractivity contribution in [2.24, 2.45) is 11.7 Å². The highest BCUT2D eigenvalue weighted by atomic mass is 16.6. The van der Waals surface area contributed by atoms with Crippen LogP contribution in [-0.4, -0.2) is 21.2 Å². The first-order chi connectivity index (χ1) is 8.00. The van der Waals surface area contributed by atoms with Gasteiger partial charge in [0.25, 0.3) is 5.69 Å². The summed E-state index contributed by atoms with van der Waals surface area (Å²) >= 11 is 0. The molecule has 17 heavy (non-hydrogen) atoms. The molecule has 1 saturated carbocycles. The summed E-state index contributed by atoms with van der Waals surface area (Å²) < 4.78 is 0. The van der Waals surface area contributed by atoms with E-state index in [4.69, 9.17) is 5.73 Å². The molecular weight excluding hydrogens is 224 g/mol. The number of aliphatic hydroxyl groups excluding tert-OH is 1. The summed E-state index contributed by atoms with van der Waals surface area (Å²) in [5, 5.41) is 30.1. The van der Waals surface area contributed by atoms with Crippen molar-refractivity contribution in [2.45, 2.75) is 25.0 Å². The second-order valence-electron chi connectivity index (χ2n) is 4.35. The zero-order chi connectivity index (χ0) is 12.6. The van der Waals surface area contributed by atoms with Crippen LogP contribution < -0.4 is 5.73 Å². The van der Waals surface area contributed by atoms with Crippen LogP contribution in [0.5, 0.6) is 5.75 Å². The van der Waals surface area contributed by atoms with Crippen molar-refractivity contribution in [1.82, 2.24) is 0 Å². The van der Waals surface area contributed by atoms with Crippen molar-refractivity contribution in [3.63, 3.8) is 0 Å². The molecule has 0 heterocycles. The minimum Gasteiger partial charge on any atom is -0.508 e. The fraction of sp³-hybridized carbons (Fsp3) is 0.455. The van der Waals surface area contributed by atoms with Crippen LogP contribution in [0.2, 0.25) is 0 Å². The van der Waals surface area contributed by atoms with E-state index in [0.717, 1.165) is 12.8 Å². The van der Waals surface area contributed by atoms with E-state index in [0.29, 0.717) is 0 Å². The highest BCUT2D eigenvalue weighted by molar-refractivity contribution is 5.45. The second-order valence-corrected chi connectivity index (χ2v) is 4.35. The molecule has 1 aliphatic rings. The number of aromatic hydroxyl groups is 1. The van der Waals surface area contributed by atoms with Gasteiger partial charge in [-0.05, 0) is 24.8 Å². The van der Waals surface area contributed by atoms with Gasteiger partial charge < -0.3 is 15.9 Å². The highest BCUT2D eigenvalue weighted by Crippen LogP contribution is 2.39. The number of nitrogens with two attached hydrogens (primary N) is 1. The van der Waals surface area contributed by atoms with Gasteiger partial charge in [-0.1, -0.05) is 0 Å². The van der Waals surface area contributed by atoms with E-state index >= 15 is 0 Å². The van der Waals surface area contributed by atoms with Crippen molar-refractivity contribution >= 4 is 5.69 Å². The van der Waals surface area contributed by atoms with Crippen LogP contribution in [0.25, 0.3) is 0 Å². The lowest BCUT2D eigenvalue weighted by Crippen LogP contribution is -2.28. The lowest BCUT2D eigenvalue weighted by atomic mass is 9.98. The summed E-state index contributed by atoms with van der Waals surface area (Å²) in [4.78, 5) is 10.1.